The van der Waals surface area contributed by atoms with Gasteiger partial charge in [0.2, 0.25) is 0 Å². The fourth-order valence-electron chi connectivity index (χ4n) is 3.31. The van der Waals surface area contributed by atoms with E-state index in [1.165, 1.54) is 77.0 Å². The molecular formula is C21H45Sn. The zero-order valence-corrected chi connectivity index (χ0v) is 19.1. The van der Waals surface area contributed by atoms with Crippen LogP contribution in [0.4, 0.5) is 0 Å². The molecule has 0 bridgehead atoms. The second-order valence-corrected chi connectivity index (χ2v) is 15.8. The number of hydrogen-bond acceptors (Lipinski definition) is 0. The third-order valence-electron chi connectivity index (χ3n) is 4.90. The summed E-state index contributed by atoms with van der Waals surface area (Å²) in [6.45, 7) is 6.98. The van der Waals surface area contributed by atoms with Gasteiger partial charge in [-0.3, -0.25) is 0 Å². The predicted molar refractivity (Wildman–Crippen MR) is 106 cm³/mol. The Kier molecular flexibility index (Phi) is 20.6. The van der Waals surface area contributed by atoms with Crippen LogP contribution in [0.15, 0.2) is 0 Å². The van der Waals surface area contributed by atoms with E-state index in [9.17, 15) is 0 Å². The summed E-state index contributed by atoms with van der Waals surface area (Å²) < 4.78 is 5.15. The minimum atomic E-state index is -0.985. The molecular weight excluding hydrogens is 371 g/mol. The summed E-state index contributed by atoms with van der Waals surface area (Å²) in [6.07, 6.45) is 22.4. The molecule has 0 aliphatic carbocycles. The van der Waals surface area contributed by atoms with E-state index in [4.69, 9.17) is 0 Å². The second kappa shape index (κ2) is 19.8. The molecule has 0 fully saturated rings. The average Bonchev–Trinajstić information content (AvgIpc) is 2.53. The van der Waals surface area contributed by atoms with Crippen molar-refractivity contribution in [3.05, 3.63) is 0 Å². The normalized spacial score (nSPS) is 11.5. The average molecular weight is 416 g/mol. The maximum atomic E-state index is 2.33. The van der Waals surface area contributed by atoms with Gasteiger partial charge in [-0.15, -0.1) is 0 Å². The van der Waals surface area contributed by atoms with E-state index in [-0.39, 0.29) is 0 Å². The van der Waals surface area contributed by atoms with E-state index in [0.717, 1.165) is 0 Å². The fourth-order valence-corrected chi connectivity index (χ4v) is 11.9. The summed E-state index contributed by atoms with van der Waals surface area (Å²) in [7, 11) is 0. The number of hydrogen-bond donors (Lipinski definition) is 0. The topological polar surface area (TPSA) is 0 Å². The Morgan fingerprint density at radius 3 is 0.909 bits per heavy atom. The summed E-state index contributed by atoms with van der Waals surface area (Å²) in [5.41, 5.74) is 0. The summed E-state index contributed by atoms with van der Waals surface area (Å²) in [4.78, 5) is 0. The Hall–Kier alpha value is 0.799. The fraction of sp³-hybridized carbons (Fsp3) is 1.00. The van der Waals surface area contributed by atoms with Crippen molar-refractivity contribution in [3.8, 4) is 0 Å². The first kappa shape index (κ1) is 22.8. The molecule has 0 saturated carbocycles. The monoisotopic (exact) mass is 417 g/mol. The van der Waals surface area contributed by atoms with E-state index in [1.54, 1.807) is 32.6 Å². The van der Waals surface area contributed by atoms with Gasteiger partial charge in [0.15, 0.2) is 0 Å². The Morgan fingerprint density at radius 1 is 0.364 bits per heavy atom. The van der Waals surface area contributed by atoms with Gasteiger partial charge in [-0.05, 0) is 0 Å². The molecule has 0 aliphatic heterocycles. The van der Waals surface area contributed by atoms with Gasteiger partial charge in [0.05, 0.1) is 0 Å². The molecule has 0 amide bonds. The first-order valence-corrected chi connectivity index (χ1v) is 16.7. The van der Waals surface area contributed by atoms with Gasteiger partial charge in [-0.25, -0.2) is 0 Å². The van der Waals surface area contributed by atoms with Crippen molar-refractivity contribution in [2.75, 3.05) is 0 Å². The number of rotatable bonds is 18. The Balaban J connectivity index is 3.72. The third-order valence-corrected chi connectivity index (χ3v) is 14.0. The second-order valence-electron chi connectivity index (χ2n) is 7.24. The van der Waals surface area contributed by atoms with Crippen molar-refractivity contribution in [1.82, 2.24) is 0 Å². The van der Waals surface area contributed by atoms with Crippen LogP contribution in [-0.2, 0) is 0 Å². The molecule has 22 heavy (non-hydrogen) atoms. The molecule has 0 N–H and O–H groups in total. The molecule has 0 rings (SSSR count). The molecule has 0 aromatic carbocycles. The van der Waals surface area contributed by atoms with Crippen LogP contribution in [0, 0.1) is 0 Å². The Labute approximate surface area is 150 Å². The Morgan fingerprint density at radius 2 is 0.636 bits per heavy atom. The van der Waals surface area contributed by atoms with Gasteiger partial charge in [0, 0.05) is 0 Å². The van der Waals surface area contributed by atoms with E-state index in [1.807, 2.05) is 0 Å². The molecule has 0 heterocycles. The van der Waals surface area contributed by atoms with E-state index >= 15 is 0 Å². The van der Waals surface area contributed by atoms with Crippen LogP contribution in [0.2, 0.25) is 13.3 Å². The third kappa shape index (κ3) is 17.2. The zero-order valence-electron chi connectivity index (χ0n) is 16.2. The van der Waals surface area contributed by atoms with Crippen molar-refractivity contribution in [2.45, 2.75) is 130 Å². The SMILES string of the molecule is CCCCCC[CH2][Sn]([CH2]CCCCCC)[CH2]CCCCCC. The first-order valence-electron chi connectivity index (χ1n) is 10.7. The van der Waals surface area contributed by atoms with Gasteiger partial charge in [0.25, 0.3) is 0 Å². The zero-order chi connectivity index (χ0) is 16.3. The van der Waals surface area contributed by atoms with Crippen molar-refractivity contribution >= 4 is 19.8 Å². The molecule has 0 unspecified atom stereocenters. The molecule has 1 heteroatoms. The van der Waals surface area contributed by atoms with Crippen molar-refractivity contribution in [2.24, 2.45) is 0 Å². The maximum absolute atomic E-state index is 2.33. The quantitative estimate of drug-likeness (QED) is 0.155. The molecule has 0 atom stereocenters. The summed E-state index contributed by atoms with van der Waals surface area (Å²) in [5.74, 6) is 0. The summed E-state index contributed by atoms with van der Waals surface area (Å²) in [5, 5.41) is 0. The standard InChI is InChI=1S/3C7H15.Sn/c3*1-3-5-7-6-4-2;/h3*1,3-7H2,2H3;. The number of unbranched alkanes of at least 4 members (excludes halogenated alkanes) is 12. The van der Waals surface area contributed by atoms with Crippen LogP contribution < -0.4 is 0 Å². The molecule has 0 saturated heterocycles. The van der Waals surface area contributed by atoms with E-state index < -0.39 is 19.8 Å². The van der Waals surface area contributed by atoms with Gasteiger partial charge in [0.1, 0.15) is 0 Å². The van der Waals surface area contributed by atoms with E-state index in [0.29, 0.717) is 0 Å². The van der Waals surface area contributed by atoms with Crippen LogP contribution in [0.3, 0.4) is 0 Å². The van der Waals surface area contributed by atoms with Crippen LogP contribution in [0.25, 0.3) is 0 Å². The molecule has 133 valence electrons. The van der Waals surface area contributed by atoms with Gasteiger partial charge >= 0.3 is 150 Å². The summed E-state index contributed by atoms with van der Waals surface area (Å²) >= 11 is -0.985. The molecule has 0 aromatic rings. The van der Waals surface area contributed by atoms with Crippen molar-refractivity contribution < 1.29 is 0 Å². The molecule has 1 radical (unpaired) electrons. The van der Waals surface area contributed by atoms with Gasteiger partial charge < -0.3 is 0 Å². The first-order chi connectivity index (χ1) is 10.8. The van der Waals surface area contributed by atoms with Crippen molar-refractivity contribution in [1.29, 1.82) is 0 Å². The molecule has 0 spiro atoms. The van der Waals surface area contributed by atoms with Crippen LogP contribution in [0.1, 0.15) is 117 Å². The van der Waals surface area contributed by atoms with Crippen molar-refractivity contribution in [3.63, 3.8) is 0 Å². The summed E-state index contributed by atoms with van der Waals surface area (Å²) in [6, 6.07) is 0. The molecule has 0 aliphatic rings. The van der Waals surface area contributed by atoms with Gasteiger partial charge in [-0.2, -0.15) is 0 Å². The van der Waals surface area contributed by atoms with E-state index in [2.05, 4.69) is 20.8 Å². The molecule has 0 nitrogen and oxygen atoms in total. The van der Waals surface area contributed by atoms with Crippen LogP contribution >= 0.6 is 0 Å². The molecule has 0 aromatic heterocycles. The van der Waals surface area contributed by atoms with Crippen LogP contribution in [0.5, 0.6) is 0 Å². The van der Waals surface area contributed by atoms with Gasteiger partial charge in [-0.1, -0.05) is 0 Å². The predicted octanol–water partition coefficient (Wildman–Crippen LogP) is 8.39. The Bertz CT molecular complexity index is 157. The minimum absolute atomic E-state index is 0.985. The van der Waals surface area contributed by atoms with Crippen LogP contribution in [-0.4, -0.2) is 19.8 Å².